The SMILES string of the molecule is C=C(Nc1sc2c(c1SNC1CC(F)(F)C1)CCCC2)C1CC1. The van der Waals surface area contributed by atoms with E-state index in [9.17, 15) is 8.78 Å². The van der Waals surface area contributed by atoms with Crippen LogP contribution in [0.4, 0.5) is 13.8 Å². The number of aryl methyl sites for hydroxylation is 1. The maximum Gasteiger partial charge on any atom is 0.251 e. The lowest BCUT2D eigenvalue weighted by atomic mass is 9.89. The van der Waals surface area contributed by atoms with E-state index < -0.39 is 5.92 Å². The fraction of sp³-hybridized carbons (Fsp3) is 0.647. The molecule has 2 N–H and O–H groups in total. The summed E-state index contributed by atoms with van der Waals surface area (Å²) >= 11 is 3.38. The van der Waals surface area contributed by atoms with E-state index >= 15 is 0 Å². The monoisotopic (exact) mass is 356 g/mol. The lowest BCUT2D eigenvalue weighted by molar-refractivity contribution is -0.0872. The first-order valence-electron chi connectivity index (χ1n) is 8.42. The summed E-state index contributed by atoms with van der Waals surface area (Å²) in [6, 6.07) is -0.0753. The van der Waals surface area contributed by atoms with Gasteiger partial charge in [0.25, 0.3) is 5.92 Å². The normalized spacial score (nSPS) is 23.2. The average Bonchev–Trinajstić information content (AvgIpc) is 3.27. The fourth-order valence-electron chi connectivity index (χ4n) is 3.29. The van der Waals surface area contributed by atoms with Gasteiger partial charge >= 0.3 is 0 Å². The Balaban J connectivity index is 1.48. The number of rotatable bonds is 6. The third kappa shape index (κ3) is 3.44. The van der Waals surface area contributed by atoms with Gasteiger partial charge < -0.3 is 5.32 Å². The molecule has 0 amide bonds. The average molecular weight is 357 g/mol. The van der Waals surface area contributed by atoms with Crippen LogP contribution in [-0.4, -0.2) is 12.0 Å². The van der Waals surface area contributed by atoms with Gasteiger partial charge in [-0.3, -0.25) is 4.72 Å². The lowest BCUT2D eigenvalue weighted by Gasteiger charge is -2.35. The van der Waals surface area contributed by atoms with Gasteiger partial charge in [-0.15, -0.1) is 11.3 Å². The van der Waals surface area contributed by atoms with Crippen molar-refractivity contribution >= 4 is 28.3 Å². The predicted molar refractivity (Wildman–Crippen MR) is 93.4 cm³/mol. The Hall–Kier alpha value is -0.590. The van der Waals surface area contributed by atoms with E-state index in [2.05, 4.69) is 16.6 Å². The Labute approximate surface area is 144 Å². The second kappa shape index (κ2) is 6.05. The van der Waals surface area contributed by atoms with Gasteiger partial charge in [0.05, 0.1) is 4.90 Å². The highest BCUT2D eigenvalue weighted by Crippen LogP contribution is 2.46. The van der Waals surface area contributed by atoms with Crippen LogP contribution in [0.25, 0.3) is 0 Å². The summed E-state index contributed by atoms with van der Waals surface area (Å²) in [7, 11) is 0. The van der Waals surface area contributed by atoms with E-state index in [-0.39, 0.29) is 18.9 Å². The van der Waals surface area contributed by atoms with E-state index in [0.717, 1.165) is 23.5 Å². The molecule has 0 bridgehead atoms. The quantitative estimate of drug-likeness (QED) is 0.671. The highest BCUT2D eigenvalue weighted by molar-refractivity contribution is 7.97. The number of alkyl halides is 2. The molecule has 0 aromatic carbocycles. The molecular weight excluding hydrogens is 334 g/mol. The first-order valence-corrected chi connectivity index (χ1v) is 10.1. The van der Waals surface area contributed by atoms with Crippen LogP contribution >= 0.6 is 23.3 Å². The highest BCUT2D eigenvalue weighted by atomic mass is 32.2. The molecule has 2 fully saturated rings. The zero-order valence-corrected chi connectivity index (χ0v) is 14.7. The van der Waals surface area contributed by atoms with Crippen LogP contribution in [0.15, 0.2) is 17.2 Å². The number of allylic oxidation sites excluding steroid dienone is 1. The molecule has 0 atom stereocenters. The third-order valence-corrected chi connectivity index (χ3v) is 7.33. The summed E-state index contributed by atoms with van der Waals surface area (Å²) < 4.78 is 29.3. The van der Waals surface area contributed by atoms with Gasteiger partial charge in [0.15, 0.2) is 0 Å². The predicted octanol–water partition coefficient (Wildman–Crippen LogP) is 5.36. The van der Waals surface area contributed by atoms with Crippen molar-refractivity contribution in [2.45, 2.75) is 68.2 Å². The van der Waals surface area contributed by atoms with Gasteiger partial charge in [-0.1, -0.05) is 6.58 Å². The molecule has 2 saturated carbocycles. The van der Waals surface area contributed by atoms with Crippen molar-refractivity contribution in [3.05, 3.63) is 22.7 Å². The minimum atomic E-state index is -2.46. The van der Waals surface area contributed by atoms with Crippen LogP contribution in [0.2, 0.25) is 0 Å². The first kappa shape index (κ1) is 15.9. The Morgan fingerprint density at radius 2 is 1.96 bits per heavy atom. The van der Waals surface area contributed by atoms with E-state index in [4.69, 9.17) is 0 Å². The van der Waals surface area contributed by atoms with Crippen molar-refractivity contribution in [2.24, 2.45) is 5.92 Å². The number of hydrogen-bond donors (Lipinski definition) is 2. The van der Waals surface area contributed by atoms with Crippen LogP contribution in [0.3, 0.4) is 0 Å². The van der Waals surface area contributed by atoms with Gasteiger partial charge in [0, 0.05) is 29.5 Å². The molecular formula is C17H22F2N2S2. The second-order valence-corrected chi connectivity index (χ2v) is 8.93. The minimum absolute atomic E-state index is 0.0378. The number of anilines is 1. The van der Waals surface area contributed by atoms with Gasteiger partial charge in [-0.05, 0) is 62.0 Å². The summed E-state index contributed by atoms with van der Waals surface area (Å²) in [4.78, 5) is 2.69. The third-order valence-electron chi connectivity index (χ3n) is 4.88. The van der Waals surface area contributed by atoms with Crippen molar-refractivity contribution < 1.29 is 8.78 Å². The number of nitrogens with one attached hydrogen (secondary N) is 2. The smallest absolute Gasteiger partial charge is 0.251 e. The maximum absolute atomic E-state index is 13.0. The van der Waals surface area contributed by atoms with Gasteiger partial charge in [-0.25, -0.2) is 8.78 Å². The fourth-order valence-corrected chi connectivity index (χ4v) is 5.77. The van der Waals surface area contributed by atoms with E-state index in [0.29, 0.717) is 5.92 Å². The Kier molecular flexibility index (Phi) is 4.18. The minimum Gasteiger partial charge on any atom is -0.350 e. The molecule has 0 radical (unpaired) electrons. The van der Waals surface area contributed by atoms with Gasteiger partial charge in [0.1, 0.15) is 5.00 Å². The molecule has 0 spiro atoms. The summed E-state index contributed by atoms with van der Waals surface area (Å²) in [5, 5.41) is 4.68. The van der Waals surface area contributed by atoms with Crippen LogP contribution < -0.4 is 10.0 Å². The van der Waals surface area contributed by atoms with Crippen molar-refractivity contribution in [3.8, 4) is 0 Å². The molecule has 1 aromatic rings. The van der Waals surface area contributed by atoms with Gasteiger partial charge in [-0.2, -0.15) is 0 Å². The summed E-state index contributed by atoms with van der Waals surface area (Å²) in [6.45, 7) is 4.17. The van der Waals surface area contributed by atoms with Crippen LogP contribution in [0, 0.1) is 5.92 Å². The molecule has 1 aromatic heterocycles. The van der Waals surface area contributed by atoms with E-state index in [1.807, 2.05) is 11.3 Å². The van der Waals surface area contributed by atoms with Crippen molar-refractivity contribution in [1.29, 1.82) is 0 Å². The molecule has 0 saturated heterocycles. The van der Waals surface area contributed by atoms with Crippen LogP contribution in [0.1, 0.15) is 49.0 Å². The molecule has 1 heterocycles. The summed E-state index contributed by atoms with van der Waals surface area (Å²) in [6.07, 6.45) is 7.11. The number of halogens is 2. The Morgan fingerprint density at radius 1 is 1.22 bits per heavy atom. The number of fused-ring (bicyclic) bond motifs is 1. The van der Waals surface area contributed by atoms with Crippen molar-refractivity contribution in [1.82, 2.24) is 4.72 Å². The molecule has 0 aliphatic heterocycles. The number of thiophene rings is 1. The standard InChI is InChI=1S/C17H22F2N2S2/c1-10(11-6-7-11)20-16-15(13-4-2-3-5-14(13)22-16)23-21-12-8-17(18,19)9-12/h11-12,20-21H,1-9H2. The van der Waals surface area contributed by atoms with Crippen LogP contribution in [0.5, 0.6) is 0 Å². The molecule has 23 heavy (non-hydrogen) atoms. The molecule has 3 aliphatic rings. The summed E-state index contributed by atoms with van der Waals surface area (Å²) in [5.74, 6) is -1.85. The van der Waals surface area contributed by atoms with Gasteiger partial charge in [0.2, 0.25) is 0 Å². The zero-order chi connectivity index (χ0) is 16.0. The Bertz CT molecular complexity index is 614. The zero-order valence-electron chi connectivity index (χ0n) is 13.1. The second-order valence-electron chi connectivity index (χ2n) is 6.97. The maximum atomic E-state index is 13.0. The van der Waals surface area contributed by atoms with Crippen molar-refractivity contribution in [2.75, 3.05) is 5.32 Å². The van der Waals surface area contributed by atoms with E-state index in [1.54, 1.807) is 11.9 Å². The lowest BCUT2D eigenvalue weighted by Crippen LogP contribution is -2.46. The Morgan fingerprint density at radius 3 is 2.65 bits per heavy atom. The molecule has 3 aliphatic carbocycles. The molecule has 2 nitrogen and oxygen atoms in total. The number of hydrogen-bond acceptors (Lipinski definition) is 4. The van der Waals surface area contributed by atoms with Crippen molar-refractivity contribution in [3.63, 3.8) is 0 Å². The molecule has 6 heteroatoms. The molecule has 4 rings (SSSR count). The highest BCUT2D eigenvalue weighted by Gasteiger charge is 2.45. The largest absolute Gasteiger partial charge is 0.350 e. The summed E-state index contributed by atoms with van der Waals surface area (Å²) in [5.41, 5.74) is 2.54. The first-order chi connectivity index (χ1) is 11.0. The van der Waals surface area contributed by atoms with E-state index in [1.165, 1.54) is 41.0 Å². The van der Waals surface area contributed by atoms with Crippen LogP contribution in [-0.2, 0) is 12.8 Å². The topological polar surface area (TPSA) is 24.1 Å². The molecule has 0 unspecified atom stereocenters. The molecule has 126 valence electrons.